The first-order valence-corrected chi connectivity index (χ1v) is 27.7. The number of Topliss-reactive ketones (excluding diaryl/α,β-unsaturated/α-hetero) is 3. The lowest BCUT2D eigenvalue weighted by Crippen LogP contribution is -2.61. The number of carbonyl (C=O) groups is 5. The molecule has 16 heteroatoms. The van der Waals surface area contributed by atoms with Crippen molar-refractivity contribution in [1.29, 1.82) is 0 Å². The van der Waals surface area contributed by atoms with Gasteiger partial charge in [0.25, 0.3) is 11.7 Å². The van der Waals surface area contributed by atoms with Gasteiger partial charge in [-0.05, 0) is 107 Å². The second kappa shape index (κ2) is 26.5. The van der Waals surface area contributed by atoms with Crippen LogP contribution in [0, 0.1) is 35.5 Å². The topological polar surface area (TPSA) is 201 Å². The summed E-state index contributed by atoms with van der Waals surface area (Å²) in [6, 6.07) is -1.16. The van der Waals surface area contributed by atoms with Gasteiger partial charge in [0.15, 0.2) is 13.2 Å². The van der Waals surface area contributed by atoms with E-state index in [9.17, 15) is 38.8 Å². The number of hydrogen-bond acceptors (Lipinski definition) is 14. The lowest BCUT2D eigenvalue weighted by atomic mass is 9.78. The molecule has 69 heavy (non-hydrogen) atoms. The maximum absolute atomic E-state index is 14.5. The van der Waals surface area contributed by atoms with Crippen molar-refractivity contribution in [3.8, 4) is 0 Å². The normalized spacial score (nSPS) is 37.8. The molecule has 2 N–H and O–H groups in total. The molecule has 1 aliphatic carbocycles. The summed E-state index contributed by atoms with van der Waals surface area (Å²) in [6.07, 6.45) is 11.4. The number of cyclic esters (lactones) is 1. The summed E-state index contributed by atoms with van der Waals surface area (Å²) in [7, 11) is 1.76. The van der Waals surface area contributed by atoms with Crippen LogP contribution in [0.15, 0.2) is 47.6 Å². The molecule has 2 bridgehead atoms. The minimum atomic E-state index is -2.79. The highest BCUT2D eigenvalue weighted by Gasteiger charge is 2.53. The molecule has 1 saturated carbocycles. The van der Waals surface area contributed by atoms with Gasteiger partial charge in [-0.2, -0.15) is 0 Å². The van der Waals surface area contributed by atoms with E-state index in [1.54, 1.807) is 54.4 Å². The van der Waals surface area contributed by atoms with Crippen LogP contribution in [0.2, 0.25) is 0 Å². The number of carbonyl (C=O) groups excluding carboxylic acids is 5. The number of rotatable bonds is 8. The first kappa shape index (κ1) is 58.4. The molecule has 3 heterocycles. The molecular weight excluding hydrogens is 906 g/mol. The molecule has 0 spiro atoms. The fraction of sp³-hybridized carbons (Fsp3) is 0.755. The fourth-order valence-corrected chi connectivity index (χ4v) is 11.4. The van der Waals surface area contributed by atoms with Crippen LogP contribution in [0.1, 0.15) is 126 Å². The summed E-state index contributed by atoms with van der Waals surface area (Å²) in [6.45, 7) is 15.9. The Balaban J connectivity index is 1.70. The summed E-state index contributed by atoms with van der Waals surface area (Å²) < 4.78 is 48.2. The molecule has 3 aliphatic heterocycles. The van der Waals surface area contributed by atoms with Crippen molar-refractivity contribution in [3.05, 3.63) is 47.6 Å². The van der Waals surface area contributed by atoms with Gasteiger partial charge in [0.2, 0.25) is 5.79 Å². The molecule has 4 rings (SSSR count). The maximum atomic E-state index is 14.5. The molecule has 15 atom stereocenters. The Morgan fingerprint density at radius 1 is 0.855 bits per heavy atom. The standard InChI is InChI=1S/C53H84NO14P/c1-32-18-14-13-15-19-33(2)44(63-8)30-40-23-21-38(7)53(61,67-40)50(58)51(59)54-25-17-16-20-41(54)52(60)66-45(35(4)28-39-22-24-43(46(29-39)64-9)68-69(11,12)62)31-42(55)34(3)27-37(6)48(57)49(65-10)47(56)36(5)26-32/h13-15,18-19,27,32,34-36,38-41,43-46,48-49,57,61H,16-17,20-26,28-31H2,1-12H3/b15-13?,18-14+,33-19?,37-27+/t32-,34-,35-,36-,38-,39+,40?,41?,43?,44+,45+,46-,48-,49+,53-/m1/s1. The predicted octanol–water partition coefficient (Wildman–Crippen LogP) is 7.74. The number of allylic oxidation sites excluding steroid dienone is 6. The van der Waals surface area contributed by atoms with Crippen molar-refractivity contribution >= 4 is 36.6 Å². The average Bonchev–Trinajstić information content (AvgIpc) is 3.30. The molecule has 390 valence electrons. The van der Waals surface area contributed by atoms with E-state index in [0.717, 1.165) is 12.0 Å². The van der Waals surface area contributed by atoms with E-state index in [1.165, 1.54) is 12.0 Å². The van der Waals surface area contributed by atoms with Crippen LogP contribution in [0.5, 0.6) is 0 Å². The lowest BCUT2D eigenvalue weighted by Gasteiger charge is -2.42. The minimum absolute atomic E-state index is 0.0117. The van der Waals surface area contributed by atoms with Crippen molar-refractivity contribution in [2.45, 2.75) is 180 Å². The number of ketones is 3. The van der Waals surface area contributed by atoms with E-state index in [0.29, 0.717) is 63.4 Å². The van der Waals surface area contributed by atoms with Crippen LogP contribution in [0.4, 0.5) is 0 Å². The third kappa shape index (κ3) is 16.2. The van der Waals surface area contributed by atoms with Crippen LogP contribution in [-0.2, 0) is 56.7 Å². The summed E-state index contributed by atoms with van der Waals surface area (Å²) in [5, 5.41) is 23.5. The quantitative estimate of drug-likeness (QED) is 0.104. The van der Waals surface area contributed by atoms with Crippen LogP contribution in [0.3, 0.4) is 0 Å². The number of ether oxygens (including phenoxy) is 5. The minimum Gasteiger partial charge on any atom is -0.460 e. The van der Waals surface area contributed by atoms with Gasteiger partial charge in [-0.3, -0.25) is 23.7 Å². The van der Waals surface area contributed by atoms with E-state index in [1.807, 2.05) is 58.1 Å². The summed E-state index contributed by atoms with van der Waals surface area (Å²) >= 11 is 0. The first-order chi connectivity index (χ1) is 32.4. The number of aliphatic hydroxyl groups is 2. The van der Waals surface area contributed by atoms with Crippen LogP contribution in [-0.4, -0.2) is 140 Å². The van der Waals surface area contributed by atoms with Gasteiger partial charge < -0.3 is 43.3 Å². The molecule has 0 aromatic heterocycles. The van der Waals surface area contributed by atoms with Crippen molar-refractivity contribution < 1.29 is 67.0 Å². The van der Waals surface area contributed by atoms with E-state index in [-0.39, 0.29) is 60.9 Å². The van der Waals surface area contributed by atoms with Crippen LogP contribution >= 0.6 is 7.37 Å². The van der Waals surface area contributed by atoms with Gasteiger partial charge in [0.05, 0.1) is 24.4 Å². The molecule has 0 radical (unpaired) electrons. The summed E-state index contributed by atoms with van der Waals surface area (Å²) in [4.78, 5) is 72.2. The number of aliphatic hydroxyl groups excluding tert-OH is 1. The molecule has 0 aromatic rings. The highest BCUT2D eigenvalue weighted by atomic mass is 31.2. The van der Waals surface area contributed by atoms with Gasteiger partial charge in [0.1, 0.15) is 30.1 Å². The smallest absolute Gasteiger partial charge is 0.329 e. The third-order valence-electron chi connectivity index (χ3n) is 14.8. The molecule has 1 amide bonds. The average molecular weight is 990 g/mol. The van der Waals surface area contributed by atoms with Crippen LogP contribution < -0.4 is 0 Å². The SMILES string of the molecule is CO[C@H]1CC2CC[C@@H](C)[C@@](O)(O2)C(=O)C(=O)N2CCCCC2C(=O)O[C@H]([C@H](C)C[C@@H]2CCC(OP(C)(C)=O)[C@H](OC)C2)CC(=O)[C@H](C)/C=C(\C)[C@@H](O)[C@@H](OC)C(=O)[C@H](C)C[C@H](C)/C=C/C=CC=C1C. The summed E-state index contributed by atoms with van der Waals surface area (Å²) in [5.41, 5.74) is 1.25. The van der Waals surface area contributed by atoms with E-state index in [4.69, 9.17) is 28.2 Å². The number of nitrogens with zero attached hydrogens (tertiary/aromatic N) is 1. The number of amides is 1. The molecule has 4 aliphatic rings. The number of hydrogen-bond donors (Lipinski definition) is 2. The highest BCUT2D eigenvalue weighted by molar-refractivity contribution is 7.57. The fourth-order valence-electron chi connectivity index (χ4n) is 10.5. The number of piperidine rings is 1. The van der Waals surface area contributed by atoms with Gasteiger partial charge in [0, 0.05) is 71.8 Å². The monoisotopic (exact) mass is 990 g/mol. The van der Waals surface area contributed by atoms with Gasteiger partial charge in [-0.1, -0.05) is 71.1 Å². The van der Waals surface area contributed by atoms with E-state index >= 15 is 0 Å². The number of methoxy groups -OCH3 is 3. The van der Waals surface area contributed by atoms with Crippen molar-refractivity contribution in [2.75, 3.05) is 41.2 Å². The molecule has 15 nitrogen and oxygen atoms in total. The van der Waals surface area contributed by atoms with Crippen molar-refractivity contribution in [1.82, 2.24) is 4.90 Å². The molecule has 3 fully saturated rings. The Bertz CT molecular complexity index is 1940. The Labute approximate surface area is 411 Å². The zero-order valence-electron chi connectivity index (χ0n) is 43.4. The Kier molecular flexibility index (Phi) is 22.5. The Morgan fingerprint density at radius 3 is 2.22 bits per heavy atom. The highest BCUT2D eigenvalue weighted by Crippen LogP contribution is 2.45. The zero-order valence-corrected chi connectivity index (χ0v) is 44.3. The largest absolute Gasteiger partial charge is 0.460 e. The Morgan fingerprint density at radius 2 is 1.57 bits per heavy atom. The van der Waals surface area contributed by atoms with Gasteiger partial charge in [-0.25, -0.2) is 4.79 Å². The van der Waals surface area contributed by atoms with Crippen molar-refractivity contribution in [3.63, 3.8) is 0 Å². The second-order valence-corrected chi connectivity index (χ2v) is 23.6. The van der Waals surface area contributed by atoms with Gasteiger partial charge >= 0.3 is 5.97 Å². The first-order valence-electron chi connectivity index (χ1n) is 25.2. The second-order valence-electron chi connectivity index (χ2n) is 20.9. The molecule has 3 unspecified atom stereocenters. The zero-order chi connectivity index (χ0) is 51.4. The molecular formula is C53H84NO14P. The molecule has 0 aromatic carbocycles. The van der Waals surface area contributed by atoms with Crippen LogP contribution in [0.25, 0.3) is 0 Å². The van der Waals surface area contributed by atoms with E-state index < -0.39 is 85.1 Å². The number of esters is 1. The maximum Gasteiger partial charge on any atom is 0.329 e. The third-order valence-corrected chi connectivity index (χ3v) is 15.6. The van der Waals surface area contributed by atoms with Crippen molar-refractivity contribution in [2.24, 2.45) is 35.5 Å². The van der Waals surface area contributed by atoms with Gasteiger partial charge in [-0.15, -0.1) is 0 Å². The summed E-state index contributed by atoms with van der Waals surface area (Å²) in [5.74, 6) is -8.11. The number of fused-ring (bicyclic) bond motifs is 3. The lowest BCUT2D eigenvalue weighted by molar-refractivity contribution is -0.265. The predicted molar refractivity (Wildman–Crippen MR) is 263 cm³/mol. The van der Waals surface area contributed by atoms with E-state index in [2.05, 4.69) is 0 Å². The molecule has 2 saturated heterocycles. The Hall–Kier alpha value is -3.14.